The number of phosphoric ester groups is 2. The van der Waals surface area contributed by atoms with Crippen molar-refractivity contribution >= 4 is 15.6 Å². The van der Waals surface area contributed by atoms with Gasteiger partial charge >= 0.3 is 15.6 Å². The largest absolute Gasteiger partial charge is 0.472 e. The van der Waals surface area contributed by atoms with Gasteiger partial charge in [0.25, 0.3) is 0 Å². The van der Waals surface area contributed by atoms with Gasteiger partial charge < -0.3 is 20.4 Å². The van der Waals surface area contributed by atoms with Crippen molar-refractivity contribution in [1.82, 2.24) is 10.6 Å². The Bertz CT molecular complexity index is 662. The Balaban J connectivity index is 1.80. The van der Waals surface area contributed by atoms with E-state index in [1.165, 1.54) is 0 Å². The Kier molecular flexibility index (Phi) is 8.56. The maximum Gasteiger partial charge on any atom is 0.472 e. The highest BCUT2D eigenvalue weighted by molar-refractivity contribution is 7.47. The summed E-state index contributed by atoms with van der Waals surface area (Å²) in [5, 5.41) is 6.94. The molecule has 2 aliphatic heterocycles. The zero-order chi connectivity index (χ0) is 24.6. The predicted octanol–water partition coefficient (Wildman–Crippen LogP) is 3.87. The molecule has 0 spiro atoms. The van der Waals surface area contributed by atoms with E-state index in [0.29, 0.717) is 25.7 Å². The lowest BCUT2D eigenvalue weighted by Gasteiger charge is -2.46. The fourth-order valence-electron chi connectivity index (χ4n) is 5.35. The van der Waals surface area contributed by atoms with Gasteiger partial charge in [-0.05, 0) is 81.1 Å². The third-order valence-corrected chi connectivity index (χ3v) is 7.61. The summed E-state index contributed by atoms with van der Waals surface area (Å²) < 4.78 is 45.4. The summed E-state index contributed by atoms with van der Waals surface area (Å²) in [7, 11) is -8.71. The van der Waals surface area contributed by atoms with Crippen LogP contribution in [0.2, 0.25) is 0 Å². The third-order valence-electron chi connectivity index (χ3n) is 5.46. The van der Waals surface area contributed by atoms with Crippen LogP contribution in [0.1, 0.15) is 81.1 Å². The van der Waals surface area contributed by atoms with Gasteiger partial charge in [0.2, 0.25) is 0 Å². The van der Waals surface area contributed by atoms with Crippen LogP contribution in [0.4, 0.5) is 0 Å². The van der Waals surface area contributed by atoms with Crippen molar-refractivity contribution in [3.8, 4) is 0 Å². The molecule has 2 atom stereocenters. The SMILES string of the molecule is CC1(C)CC(OP(=O)(O)OCCOP(=O)(O)OC2CC(C)(C)NC(C)(C)C2)CC(C)(C)N1. The minimum atomic E-state index is -4.35. The zero-order valence-electron chi connectivity index (χ0n) is 20.6. The molecule has 2 fully saturated rings. The lowest BCUT2D eigenvalue weighted by atomic mass is 9.81. The number of rotatable bonds is 9. The number of nitrogens with one attached hydrogen (secondary N) is 2. The van der Waals surface area contributed by atoms with E-state index < -0.39 is 27.9 Å². The molecule has 190 valence electrons. The van der Waals surface area contributed by atoms with Gasteiger partial charge in [0, 0.05) is 22.2 Å². The average Bonchev–Trinajstić information content (AvgIpc) is 2.43. The molecule has 32 heavy (non-hydrogen) atoms. The number of phosphoric acid groups is 2. The van der Waals surface area contributed by atoms with Crippen LogP contribution in [0.25, 0.3) is 0 Å². The number of hydrogen-bond acceptors (Lipinski definition) is 8. The van der Waals surface area contributed by atoms with Crippen LogP contribution in [-0.2, 0) is 27.2 Å². The molecule has 0 radical (unpaired) electrons. The van der Waals surface area contributed by atoms with Crippen LogP contribution in [0, 0.1) is 0 Å². The lowest BCUT2D eigenvalue weighted by molar-refractivity contribution is 0.0133. The van der Waals surface area contributed by atoms with E-state index in [1.807, 2.05) is 55.4 Å². The van der Waals surface area contributed by atoms with E-state index in [4.69, 9.17) is 18.1 Å². The van der Waals surface area contributed by atoms with Gasteiger partial charge in [-0.25, -0.2) is 9.13 Å². The number of piperidine rings is 2. The molecule has 0 aliphatic carbocycles. The predicted molar refractivity (Wildman–Crippen MR) is 122 cm³/mol. The smallest absolute Gasteiger partial charge is 0.307 e. The van der Waals surface area contributed by atoms with Crippen LogP contribution in [-0.4, -0.2) is 57.4 Å². The van der Waals surface area contributed by atoms with Crippen LogP contribution < -0.4 is 10.6 Å². The Morgan fingerprint density at radius 2 is 0.906 bits per heavy atom. The summed E-state index contributed by atoms with van der Waals surface area (Å²) in [4.78, 5) is 20.2. The number of hydrogen-bond donors (Lipinski definition) is 4. The Morgan fingerprint density at radius 1 is 0.656 bits per heavy atom. The van der Waals surface area contributed by atoms with E-state index in [9.17, 15) is 18.9 Å². The van der Waals surface area contributed by atoms with E-state index in [1.54, 1.807) is 0 Å². The van der Waals surface area contributed by atoms with Crippen LogP contribution in [0.5, 0.6) is 0 Å². The summed E-state index contributed by atoms with van der Waals surface area (Å²) in [6, 6.07) is 0. The fraction of sp³-hybridized carbons (Fsp3) is 1.00. The first-order valence-corrected chi connectivity index (χ1v) is 14.1. The van der Waals surface area contributed by atoms with Gasteiger partial charge in [0.15, 0.2) is 0 Å². The summed E-state index contributed by atoms with van der Waals surface area (Å²) >= 11 is 0. The second-order valence-corrected chi connectivity index (χ2v) is 14.5. The lowest BCUT2D eigenvalue weighted by Crippen LogP contribution is -2.59. The van der Waals surface area contributed by atoms with Crippen molar-refractivity contribution in [3.63, 3.8) is 0 Å². The highest BCUT2D eigenvalue weighted by Crippen LogP contribution is 2.50. The second-order valence-electron chi connectivity index (χ2n) is 11.7. The van der Waals surface area contributed by atoms with Crippen molar-refractivity contribution in [2.75, 3.05) is 13.2 Å². The molecule has 0 bridgehead atoms. The first kappa shape index (κ1) is 28.4. The summed E-state index contributed by atoms with van der Waals surface area (Å²) in [6.07, 6.45) is 1.26. The Hall–Kier alpha value is 0.140. The van der Waals surface area contributed by atoms with Gasteiger partial charge in [-0.3, -0.25) is 18.1 Å². The Morgan fingerprint density at radius 3 is 1.16 bits per heavy atom. The fourth-order valence-corrected chi connectivity index (χ4v) is 7.13. The van der Waals surface area contributed by atoms with Crippen molar-refractivity contribution in [3.05, 3.63) is 0 Å². The molecule has 12 heteroatoms. The standard InChI is InChI=1S/C20H42N2O8P2/c1-17(2)11-15(12-18(3,4)21-17)29-31(23,24)27-9-10-28-32(25,26)30-16-13-19(5,6)22-20(7,8)14-16/h15-16,21-22H,9-14H2,1-8H3,(H,23,24)(H,25,26). The molecule has 2 unspecified atom stereocenters. The summed E-state index contributed by atoms with van der Waals surface area (Å²) in [5.74, 6) is 0. The van der Waals surface area contributed by atoms with Crippen molar-refractivity contribution < 1.29 is 37.0 Å². The first-order valence-electron chi connectivity index (χ1n) is 11.1. The van der Waals surface area contributed by atoms with E-state index >= 15 is 0 Å². The molecule has 2 rings (SSSR count). The summed E-state index contributed by atoms with van der Waals surface area (Å²) in [5.41, 5.74) is -1.02. The molecular weight excluding hydrogens is 458 g/mol. The quantitative estimate of drug-likeness (QED) is 0.273. The third kappa shape index (κ3) is 9.79. The van der Waals surface area contributed by atoms with E-state index in [0.717, 1.165) is 0 Å². The molecule has 0 aromatic carbocycles. The van der Waals surface area contributed by atoms with Gasteiger partial charge in [0.1, 0.15) is 0 Å². The molecular formula is C20H42N2O8P2. The molecule has 0 aromatic rings. The monoisotopic (exact) mass is 500 g/mol. The van der Waals surface area contributed by atoms with Crippen LogP contribution in [0.15, 0.2) is 0 Å². The average molecular weight is 501 g/mol. The molecule has 0 aromatic heterocycles. The van der Waals surface area contributed by atoms with Crippen molar-refractivity contribution in [1.29, 1.82) is 0 Å². The highest BCUT2D eigenvalue weighted by atomic mass is 31.2. The normalized spacial score (nSPS) is 29.2. The Labute approximate surface area is 192 Å². The zero-order valence-corrected chi connectivity index (χ0v) is 22.4. The minimum absolute atomic E-state index is 0.256. The van der Waals surface area contributed by atoms with E-state index in [-0.39, 0.29) is 35.4 Å². The van der Waals surface area contributed by atoms with Gasteiger partial charge in [-0.2, -0.15) is 0 Å². The molecule has 10 nitrogen and oxygen atoms in total. The first-order chi connectivity index (χ1) is 14.2. The van der Waals surface area contributed by atoms with Crippen LogP contribution in [0.3, 0.4) is 0 Å². The van der Waals surface area contributed by atoms with Gasteiger partial charge in [0.05, 0.1) is 25.4 Å². The molecule has 0 saturated carbocycles. The maximum atomic E-state index is 12.4. The van der Waals surface area contributed by atoms with Crippen LogP contribution >= 0.6 is 15.6 Å². The van der Waals surface area contributed by atoms with Gasteiger partial charge in [-0.1, -0.05) is 0 Å². The van der Waals surface area contributed by atoms with Gasteiger partial charge in [-0.15, -0.1) is 0 Å². The maximum absolute atomic E-state index is 12.4. The highest BCUT2D eigenvalue weighted by Gasteiger charge is 2.42. The minimum Gasteiger partial charge on any atom is -0.307 e. The molecule has 2 saturated heterocycles. The molecule has 4 N–H and O–H groups in total. The van der Waals surface area contributed by atoms with Crippen molar-refractivity contribution in [2.45, 2.75) is 115 Å². The topological polar surface area (TPSA) is 136 Å². The van der Waals surface area contributed by atoms with Crippen molar-refractivity contribution in [2.24, 2.45) is 0 Å². The molecule has 2 heterocycles. The molecule has 2 aliphatic rings. The van der Waals surface area contributed by atoms with E-state index in [2.05, 4.69) is 10.6 Å². The summed E-state index contributed by atoms with van der Waals surface area (Å²) in [6.45, 7) is 15.3. The second kappa shape index (κ2) is 9.65. The molecule has 0 amide bonds.